The Kier molecular flexibility index (Phi) is 5.86. The second-order valence-corrected chi connectivity index (χ2v) is 9.34. The highest BCUT2D eigenvalue weighted by molar-refractivity contribution is 5.93. The molecule has 3 heterocycles. The minimum absolute atomic E-state index is 0.0341. The van der Waals surface area contributed by atoms with Gasteiger partial charge < -0.3 is 15.3 Å². The van der Waals surface area contributed by atoms with Crippen molar-refractivity contribution in [3.63, 3.8) is 0 Å². The highest BCUT2D eigenvalue weighted by Crippen LogP contribution is 2.32. The lowest BCUT2D eigenvalue weighted by Gasteiger charge is -2.42. The lowest BCUT2D eigenvalue weighted by molar-refractivity contribution is -0.144. The average Bonchev–Trinajstić information content (AvgIpc) is 3.28. The molecule has 0 atom stereocenters. The second-order valence-electron chi connectivity index (χ2n) is 9.34. The summed E-state index contributed by atoms with van der Waals surface area (Å²) in [5, 5.41) is 18.6. The van der Waals surface area contributed by atoms with E-state index < -0.39 is 11.5 Å². The maximum Gasteiger partial charge on any atom is 0.295 e. The molecule has 0 bridgehead atoms. The highest BCUT2D eigenvalue weighted by Gasteiger charge is 2.41. The Bertz CT molecular complexity index is 1360. The van der Waals surface area contributed by atoms with Crippen LogP contribution in [0, 0.1) is 18.3 Å². The number of hydrogen-bond donors (Lipinski definition) is 2. The number of benzene rings is 1. The fraction of sp³-hybridized carbons (Fsp3) is 0.400. The number of amides is 2. The van der Waals surface area contributed by atoms with Crippen molar-refractivity contribution in [2.24, 2.45) is 5.92 Å². The molecule has 3 aromatic rings. The first-order valence-electron chi connectivity index (χ1n) is 11.6. The number of nitrogens with zero attached hydrogens (tertiary/aromatic N) is 5. The van der Waals surface area contributed by atoms with Crippen LogP contribution in [-0.2, 0) is 16.1 Å². The summed E-state index contributed by atoms with van der Waals surface area (Å²) < 4.78 is 3.03. The van der Waals surface area contributed by atoms with Crippen molar-refractivity contribution < 1.29 is 14.7 Å². The first-order valence-corrected chi connectivity index (χ1v) is 11.6. The third-order valence-electron chi connectivity index (χ3n) is 6.98. The number of para-hydroxylation sites is 1. The first-order chi connectivity index (χ1) is 16.9. The Balaban J connectivity index is 1.22. The molecule has 35 heavy (non-hydrogen) atoms. The van der Waals surface area contributed by atoms with Crippen molar-refractivity contribution >= 4 is 22.8 Å². The number of aromatic nitrogens is 4. The molecule has 1 saturated carbocycles. The highest BCUT2D eigenvalue weighted by atomic mass is 16.3. The predicted octanol–water partition coefficient (Wildman–Crippen LogP) is 0.464. The number of terminal acetylenes is 1. The van der Waals surface area contributed by atoms with Gasteiger partial charge in [-0.15, -0.1) is 6.42 Å². The van der Waals surface area contributed by atoms with Gasteiger partial charge in [-0.3, -0.25) is 19.0 Å². The number of aliphatic hydroxyl groups is 1. The Morgan fingerprint density at radius 1 is 1.20 bits per heavy atom. The Morgan fingerprint density at radius 3 is 2.60 bits per heavy atom. The molecule has 2 N–H and O–H groups in total. The Morgan fingerprint density at radius 2 is 1.91 bits per heavy atom. The Labute approximate surface area is 201 Å². The average molecular weight is 475 g/mol. The molecule has 1 aliphatic carbocycles. The molecular formula is C25H26N6O4. The van der Waals surface area contributed by atoms with Gasteiger partial charge in [0.15, 0.2) is 5.65 Å². The summed E-state index contributed by atoms with van der Waals surface area (Å²) in [5.41, 5.74) is -0.117. The van der Waals surface area contributed by atoms with Gasteiger partial charge in [0.1, 0.15) is 11.7 Å². The molecule has 2 amide bonds. The van der Waals surface area contributed by atoms with Crippen molar-refractivity contribution in [2.45, 2.75) is 43.9 Å². The monoisotopic (exact) mass is 474 g/mol. The van der Waals surface area contributed by atoms with E-state index in [1.54, 1.807) is 9.58 Å². The van der Waals surface area contributed by atoms with Crippen LogP contribution in [0.2, 0.25) is 0 Å². The first kappa shape index (κ1) is 22.8. The van der Waals surface area contributed by atoms with E-state index in [1.807, 2.05) is 36.3 Å². The molecule has 2 fully saturated rings. The topological polar surface area (TPSA) is 122 Å². The van der Waals surface area contributed by atoms with E-state index in [-0.39, 0.29) is 30.0 Å². The lowest BCUT2D eigenvalue weighted by Crippen LogP contribution is -2.54. The zero-order valence-corrected chi connectivity index (χ0v) is 19.1. The maximum atomic E-state index is 13.1. The van der Waals surface area contributed by atoms with E-state index in [9.17, 15) is 19.5 Å². The SMILES string of the molecule is C#CC(=O)N[C@H]1C[C@H](C(=O)N2CCC(O)(Cn3cnc4c(cnn4-c4ccccc4)c3=O)CC2)C1. The van der Waals surface area contributed by atoms with Crippen LogP contribution in [0.4, 0.5) is 0 Å². The molecule has 180 valence electrons. The van der Waals surface area contributed by atoms with Crippen molar-refractivity contribution in [2.75, 3.05) is 13.1 Å². The van der Waals surface area contributed by atoms with E-state index in [1.165, 1.54) is 17.1 Å². The third kappa shape index (κ3) is 4.42. The molecule has 0 spiro atoms. The molecule has 10 heteroatoms. The fourth-order valence-electron chi connectivity index (χ4n) is 4.86. The van der Waals surface area contributed by atoms with Crippen LogP contribution in [-0.4, -0.2) is 65.9 Å². The van der Waals surface area contributed by atoms with Crippen molar-refractivity contribution in [1.29, 1.82) is 0 Å². The minimum atomic E-state index is -1.12. The van der Waals surface area contributed by atoms with Gasteiger partial charge in [0, 0.05) is 25.0 Å². The predicted molar refractivity (Wildman–Crippen MR) is 127 cm³/mol. The van der Waals surface area contributed by atoms with Gasteiger partial charge in [0.2, 0.25) is 5.91 Å². The number of carbonyl (C=O) groups is 2. The van der Waals surface area contributed by atoms with E-state index in [2.05, 4.69) is 15.4 Å². The van der Waals surface area contributed by atoms with E-state index in [4.69, 9.17) is 6.42 Å². The number of rotatable bonds is 5. The molecule has 0 radical (unpaired) electrons. The number of fused-ring (bicyclic) bond motifs is 1. The largest absolute Gasteiger partial charge is 0.388 e. The summed E-state index contributed by atoms with van der Waals surface area (Å²) >= 11 is 0. The molecule has 10 nitrogen and oxygen atoms in total. The molecule has 1 aliphatic heterocycles. The van der Waals surface area contributed by atoms with Crippen molar-refractivity contribution in [3.8, 4) is 18.0 Å². The summed E-state index contributed by atoms with van der Waals surface area (Å²) in [6.45, 7) is 0.907. The zero-order chi connectivity index (χ0) is 24.6. The van der Waals surface area contributed by atoms with E-state index in [0.29, 0.717) is 49.8 Å². The van der Waals surface area contributed by atoms with E-state index in [0.717, 1.165) is 5.69 Å². The van der Waals surface area contributed by atoms with Crippen LogP contribution in [0.5, 0.6) is 0 Å². The van der Waals surface area contributed by atoms with Crippen molar-refractivity contribution in [3.05, 3.63) is 53.2 Å². The lowest BCUT2D eigenvalue weighted by atomic mass is 9.78. The van der Waals surface area contributed by atoms with Crippen LogP contribution in [0.1, 0.15) is 25.7 Å². The number of nitrogens with one attached hydrogen (secondary N) is 1. The van der Waals surface area contributed by atoms with Gasteiger partial charge >= 0.3 is 0 Å². The normalized spacial score (nSPS) is 21.2. The molecule has 1 aromatic carbocycles. The van der Waals surface area contributed by atoms with Gasteiger partial charge in [-0.25, -0.2) is 9.67 Å². The van der Waals surface area contributed by atoms with Crippen molar-refractivity contribution in [1.82, 2.24) is 29.5 Å². The summed E-state index contributed by atoms with van der Waals surface area (Å²) in [6, 6.07) is 9.38. The molecule has 5 rings (SSSR count). The van der Waals surface area contributed by atoms with Crippen LogP contribution in [0.3, 0.4) is 0 Å². The summed E-state index contributed by atoms with van der Waals surface area (Å²) in [5.74, 6) is 1.45. The molecule has 2 aromatic heterocycles. The molecule has 0 unspecified atom stereocenters. The standard InChI is InChI=1S/C25H26N6O4/c1-2-21(32)28-18-12-17(13-18)23(33)29-10-8-25(35,9-11-29)15-30-16-26-22-20(24(30)34)14-27-31(22)19-6-4-3-5-7-19/h1,3-7,14,16-18,35H,8-13,15H2,(H,28,32)/t17-,18-. The summed E-state index contributed by atoms with van der Waals surface area (Å²) in [6.07, 6.45) is 9.87. The summed E-state index contributed by atoms with van der Waals surface area (Å²) in [7, 11) is 0. The second kappa shape index (κ2) is 9.00. The van der Waals surface area contributed by atoms with Crippen LogP contribution in [0.15, 0.2) is 47.7 Å². The van der Waals surface area contributed by atoms with Gasteiger partial charge in [-0.05, 0) is 43.7 Å². The number of carbonyl (C=O) groups excluding carboxylic acids is 2. The number of hydrogen-bond acceptors (Lipinski definition) is 6. The number of likely N-dealkylation sites (tertiary alicyclic amines) is 1. The van der Waals surface area contributed by atoms with Gasteiger partial charge in [0.05, 0.1) is 24.0 Å². The zero-order valence-electron chi connectivity index (χ0n) is 19.1. The maximum absolute atomic E-state index is 13.1. The van der Waals surface area contributed by atoms with Crippen LogP contribution in [0.25, 0.3) is 16.7 Å². The Hall–Kier alpha value is -3.97. The van der Waals surface area contributed by atoms with Crippen LogP contribution < -0.4 is 10.9 Å². The third-order valence-corrected chi connectivity index (χ3v) is 6.98. The number of piperidine rings is 1. The van der Waals surface area contributed by atoms with Gasteiger partial charge in [-0.2, -0.15) is 5.10 Å². The molecule has 2 aliphatic rings. The van der Waals surface area contributed by atoms with Gasteiger partial charge in [-0.1, -0.05) is 18.2 Å². The summed E-state index contributed by atoms with van der Waals surface area (Å²) in [4.78, 5) is 43.3. The molecule has 1 saturated heterocycles. The molecular weight excluding hydrogens is 448 g/mol. The van der Waals surface area contributed by atoms with Gasteiger partial charge in [0.25, 0.3) is 11.5 Å². The smallest absolute Gasteiger partial charge is 0.295 e. The quantitative estimate of drug-likeness (QED) is 0.518. The fourth-order valence-corrected chi connectivity index (χ4v) is 4.86. The van der Waals surface area contributed by atoms with E-state index >= 15 is 0 Å². The van der Waals surface area contributed by atoms with Crippen LogP contribution >= 0.6 is 0 Å². The minimum Gasteiger partial charge on any atom is -0.388 e.